The maximum atomic E-state index is 12.4. The van der Waals surface area contributed by atoms with E-state index in [0.29, 0.717) is 30.1 Å². The topological polar surface area (TPSA) is 70.2 Å². The summed E-state index contributed by atoms with van der Waals surface area (Å²) in [6.07, 6.45) is 1.09. The highest BCUT2D eigenvalue weighted by Gasteiger charge is 2.09. The number of aryl methyl sites for hydroxylation is 1. The van der Waals surface area contributed by atoms with Gasteiger partial charge in [-0.25, -0.2) is 0 Å². The minimum absolute atomic E-state index is 0.0562. The van der Waals surface area contributed by atoms with Crippen molar-refractivity contribution < 1.29 is 9.59 Å². The molecule has 0 aliphatic heterocycles. The molecule has 31 heavy (non-hydrogen) atoms. The summed E-state index contributed by atoms with van der Waals surface area (Å²) in [6.45, 7) is 4.41. The fraction of sp³-hybridized carbons (Fsp3) is 0.231. The molecule has 0 saturated carbocycles. The summed E-state index contributed by atoms with van der Waals surface area (Å²) in [5.74, 6) is 0.166. The van der Waals surface area contributed by atoms with Gasteiger partial charge >= 0.3 is 0 Å². The Morgan fingerprint density at radius 3 is 2.13 bits per heavy atom. The molecule has 0 aliphatic carbocycles. The summed E-state index contributed by atoms with van der Waals surface area (Å²) >= 11 is 0. The zero-order valence-corrected chi connectivity index (χ0v) is 18.0. The Morgan fingerprint density at radius 2 is 1.42 bits per heavy atom. The van der Waals surface area contributed by atoms with E-state index in [1.54, 1.807) is 12.1 Å². The molecule has 0 heterocycles. The van der Waals surface area contributed by atoms with Crippen LogP contribution in [-0.4, -0.2) is 18.4 Å². The van der Waals surface area contributed by atoms with Crippen LogP contribution in [0, 0.1) is 0 Å². The van der Waals surface area contributed by atoms with Gasteiger partial charge in [0, 0.05) is 23.5 Å². The van der Waals surface area contributed by atoms with Crippen LogP contribution in [0.4, 0.5) is 17.1 Å². The number of carbonyl (C=O) groups excluding carboxylic acids is 2. The van der Waals surface area contributed by atoms with Crippen molar-refractivity contribution in [2.45, 2.75) is 32.6 Å². The molecular formula is C26H29N3O2. The lowest BCUT2D eigenvalue weighted by Gasteiger charge is -2.14. The van der Waals surface area contributed by atoms with Crippen LogP contribution in [-0.2, 0) is 16.0 Å². The van der Waals surface area contributed by atoms with Gasteiger partial charge in [0.25, 0.3) is 0 Å². The van der Waals surface area contributed by atoms with Crippen LogP contribution >= 0.6 is 0 Å². The van der Waals surface area contributed by atoms with Crippen LogP contribution in [0.25, 0.3) is 0 Å². The van der Waals surface area contributed by atoms with E-state index in [-0.39, 0.29) is 18.4 Å². The van der Waals surface area contributed by atoms with Crippen molar-refractivity contribution >= 4 is 28.9 Å². The molecule has 3 aromatic rings. The number of amides is 2. The maximum absolute atomic E-state index is 12.4. The molecule has 0 saturated heterocycles. The molecule has 3 N–H and O–H groups in total. The number of hydrogen-bond donors (Lipinski definition) is 3. The normalized spacial score (nSPS) is 10.5. The zero-order chi connectivity index (χ0) is 22.1. The molecule has 0 atom stereocenters. The molecule has 5 heteroatoms. The second-order valence-electron chi connectivity index (χ2n) is 7.76. The van der Waals surface area contributed by atoms with Crippen molar-refractivity contribution in [2.24, 2.45) is 0 Å². The van der Waals surface area contributed by atoms with Crippen LogP contribution < -0.4 is 16.0 Å². The molecule has 0 aliphatic rings. The summed E-state index contributed by atoms with van der Waals surface area (Å²) < 4.78 is 0. The third-order valence-corrected chi connectivity index (χ3v) is 4.94. The first-order valence-electron chi connectivity index (χ1n) is 10.6. The van der Waals surface area contributed by atoms with Gasteiger partial charge in [0.15, 0.2) is 0 Å². The standard InChI is InChI=1S/C26H29N3O2/c1-19(2)23-13-6-7-14-24(23)27-18-26(31)29-22-12-8-11-21(17-22)28-25(30)16-15-20-9-4-3-5-10-20/h3-14,17,19,27H,15-16,18H2,1-2H3,(H,28,30)(H,29,31). The maximum Gasteiger partial charge on any atom is 0.243 e. The average Bonchev–Trinajstić information content (AvgIpc) is 2.77. The van der Waals surface area contributed by atoms with Crippen molar-refractivity contribution in [2.75, 3.05) is 22.5 Å². The number of para-hydroxylation sites is 1. The Bertz CT molecular complexity index is 1020. The summed E-state index contributed by atoms with van der Waals surface area (Å²) in [5.41, 5.74) is 4.58. The fourth-order valence-corrected chi connectivity index (χ4v) is 3.34. The number of carbonyl (C=O) groups is 2. The molecule has 2 amide bonds. The molecule has 3 aromatic carbocycles. The van der Waals surface area contributed by atoms with Gasteiger partial charge in [0.05, 0.1) is 6.54 Å². The van der Waals surface area contributed by atoms with Gasteiger partial charge in [-0.15, -0.1) is 0 Å². The van der Waals surface area contributed by atoms with Crippen molar-refractivity contribution in [1.82, 2.24) is 0 Å². The van der Waals surface area contributed by atoms with Crippen molar-refractivity contribution in [3.8, 4) is 0 Å². The Labute approximate surface area is 183 Å². The van der Waals surface area contributed by atoms with Crippen LogP contribution in [0.3, 0.4) is 0 Å². The Hall–Kier alpha value is -3.60. The molecular weight excluding hydrogens is 386 g/mol. The van der Waals surface area contributed by atoms with Gasteiger partial charge in [-0.1, -0.05) is 68.4 Å². The summed E-state index contributed by atoms with van der Waals surface area (Å²) in [7, 11) is 0. The molecule has 0 bridgehead atoms. The van der Waals surface area contributed by atoms with Crippen molar-refractivity contribution in [3.05, 3.63) is 90.0 Å². The third kappa shape index (κ3) is 7.00. The minimum atomic E-state index is -0.147. The van der Waals surface area contributed by atoms with Gasteiger partial charge in [-0.2, -0.15) is 0 Å². The highest BCUT2D eigenvalue weighted by Crippen LogP contribution is 2.23. The molecule has 0 aromatic heterocycles. The van der Waals surface area contributed by atoms with E-state index in [0.717, 1.165) is 11.3 Å². The minimum Gasteiger partial charge on any atom is -0.376 e. The molecule has 160 valence electrons. The monoisotopic (exact) mass is 415 g/mol. The van der Waals surface area contributed by atoms with Crippen LogP contribution in [0.2, 0.25) is 0 Å². The molecule has 0 fully saturated rings. The smallest absolute Gasteiger partial charge is 0.243 e. The third-order valence-electron chi connectivity index (χ3n) is 4.94. The lowest BCUT2D eigenvalue weighted by atomic mass is 10.0. The lowest BCUT2D eigenvalue weighted by molar-refractivity contribution is -0.116. The quantitative estimate of drug-likeness (QED) is 0.436. The number of anilines is 3. The van der Waals surface area contributed by atoms with Gasteiger partial charge in [0.1, 0.15) is 0 Å². The SMILES string of the molecule is CC(C)c1ccccc1NCC(=O)Nc1cccc(NC(=O)CCc2ccccc2)c1. The van der Waals surface area contributed by atoms with E-state index in [2.05, 4.69) is 35.9 Å². The first-order chi connectivity index (χ1) is 15.0. The second-order valence-corrected chi connectivity index (χ2v) is 7.76. The molecule has 0 spiro atoms. The Morgan fingerprint density at radius 1 is 0.774 bits per heavy atom. The largest absolute Gasteiger partial charge is 0.376 e. The number of rotatable bonds is 9. The Kier molecular flexibility index (Phi) is 7.82. The first kappa shape index (κ1) is 22.1. The Balaban J connectivity index is 1.50. The van der Waals surface area contributed by atoms with E-state index in [1.165, 1.54) is 5.56 Å². The van der Waals surface area contributed by atoms with E-state index < -0.39 is 0 Å². The highest BCUT2D eigenvalue weighted by molar-refractivity contribution is 5.95. The van der Waals surface area contributed by atoms with Crippen LogP contribution in [0.5, 0.6) is 0 Å². The van der Waals surface area contributed by atoms with E-state index in [4.69, 9.17) is 0 Å². The van der Waals surface area contributed by atoms with Gasteiger partial charge in [-0.05, 0) is 47.7 Å². The van der Waals surface area contributed by atoms with E-state index in [9.17, 15) is 9.59 Å². The highest BCUT2D eigenvalue weighted by atomic mass is 16.2. The zero-order valence-electron chi connectivity index (χ0n) is 18.0. The summed E-state index contributed by atoms with van der Waals surface area (Å²) in [4.78, 5) is 24.7. The number of benzene rings is 3. The second kappa shape index (κ2) is 11.0. The lowest BCUT2D eigenvalue weighted by Crippen LogP contribution is -2.22. The summed E-state index contributed by atoms with van der Waals surface area (Å²) in [5, 5.41) is 8.99. The fourth-order valence-electron chi connectivity index (χ4n) is 3.34. The molecule has 0 radical (unpaired) electrons. The van der Waals surface area contributed by atoms with Crippen LogP contribution in [0.1, 0.15) is 37.3 Å². The first-order valence-corrected chi connectivity index (χ1v) is 10.6. The van der Waals surface area contributed by atoms with E-state index in [1.807, 2.05) is 60.7 Å². The predicted molar refractivity (Wildman–Crippen MR) is 127 cm³/mol. The van der Waals surface area contributed by atoms with Crippen LogP contribution in [0.15, 0.2) is 78.9 Å². The van der Waals surface area contributed by atoms with Crippen molar-refractivity contribution in [3.63, 3.8) is 0 Å². The number of nitrogens with one attached hydrogen (secondary N) is 3. The molecule has 0 unspecified atom stereocenters. The predicted octanol–water partition coefficient (Wildman–Crippen LogP) is 5.43. The van der Waals surface area contributed by atoms with Gasteiger partial charge < -0.3 is 16.0 Å². The average molecular weight is 416 g/mol. The van der Waals surface area contributed by atoms with E-state index >= 15 is 0 Å². The van der Waals surface area contributed by atoms with Gasteiger partial charge in [0.2, 0.25) is 11.8 Å². The van der Waals surface area contributed by atoms with Crippen molar-refractivity contribution in [1.29, 1.82) is 0 Å². The molecule has 5 nitrogen and oxygen atoms in total. The van der Waals surface area contributed by atoms with Gasteiger partial charge in [-0.3, -0.25) is 9.59 Å². The number of hydrogen-bond acceptors (Lipinski definition) is 3. The molecule has 3 rings (SSSR count). The summed E-state index contributed by atoms with van der Waals surface area (Å²) in [6, 6.07) is 25.1.